The van der Waals surface area contributed by atoms with E-state index in [9.17, 15) is 9.59 Å². The minimum Gasteiger partial charge on any atom is -0.357 e. The first-order valence-corrected chi connectivity index (χ1v) is 10.1. The molecule has 0 aliphatic carbocycles. The number of hydrogen-bond acceptors (Lipinski definition) is 3. The maximum Gasteiger partial charge on any atom is 0.253 e. The molecule has 30 heavy (non-hydrogen) atoms. The lowest BCUT2D eigenvalue weighted by atomic mass is 10.1. The summed E-state index contributed by atoms with van der Waals surface area (Å²) in [6.07, 6.45) is 0.360. The Labute approximate surface area is 178 Å². The second kappa shape index (κ2) is 12.3. The van der Waals surface area contributed by atoms with Crippen LogP contribution in [-0.4, -0.2) is 49.9 Å². The van der Waals surface area contributed by atoms with Gasteiger partial charge in [0, 0.05) is 45.7 Å². The Morgan fingerprint density at radius 2 is 1.60 bits per heavy atom. The molecule has 7 nitrogen and oxygen atoms in total. The van der Waals surface area contributed by atoms with Crippen LogP contribution >= 0.6 is 0 Å². The van der Waals surface area contributed by atoms with Gasteiger partial charge in [0.05, 0.1) is 6.54 Å². The molecule has 0 spiro atoms. The standard InChI is InChI=1S/C23H31N5O2/c1-4-24-23(25-15-14-21(29)26-16-18-8-6-5-7-9-18)27-17-19-10-12-20(13-11-19)22(30)28(2)3/h5-13H,4,14-17H2,1-3H3,(H,26,29)(H2,24,25,27). The van der Waals surface area contributed by atoms with Gasteiger partial charge in [0.1, 0.15) is 0 Å². The molecule has 0 heterocycles. The van der Waals surface area contributed by atoms with Crippen LogP contribution in [0.1, 0.15) is 34.8 Å². The van der Waals surface area contributed by atoms with Crippen molar-refractivity contribution in [1.82, 2.24) is 20.9 Å². The van der Waals surface area contributed by atoms with Crippen LogP contribution in [0, 0.1) is 0 Å². The third-order valence-corrected chi connectivity index (χ3v) is 4.35. The molecule has 0 fully saturated rings. The lowest BCUT2D eigenvalue weighted by Gasteiger charge is -2.12. The Kier molecular flexibility index (Phi) is 9.37. The Morgan fingerprint density at radius 1 is 0.900 bits per heavy atom. The molecule has 0 aliphatic heterocycles. The van der Waals surface area contributed by atoms with Gasteiger partial charge in [0.25, 0.3) is 5.91 Å². The number of aliphatic imine (C=N–C) groups is 1. The van der Waals surface area contributed by atoms with Crippen molar-refractivity contribution >= 4 is 17.8 Å². The Hall–Kier alpha value is -3.35. The number of rotatable bonds is 9. The number of nitrogens with zero attached hydrogens (tertiary/aromatic N) is 2. The van der Waals surface area contributed by atoms with Crippen LogP contribution in [0.4, 0.5) is 0 Å². The molecule has 0 atom stereocenters. The SMILES string of the molecule is CCNC(=NCc1ccc(C(=O)N(C)C)cc1)NCCC(=O)NCc1ccccc1. The summed E-state index contributed by atoms with van der Waals surface area (Å²) in [6, 6.07) is 17.3. The molecule has 0 aromatic heterocycles. The van der Waals surface area contributed by atoms with E-state index in [2.05, 4.69) is 20.9 Å². The number of hydrogen-bond donors (Lipinski definition) is 3. The van der Waals surface area contributed by atoms with Crippen molar-refractivity contribution in [3.8, 4) is 0 Å². The van der Waals surface area contributed by atoms with Gasteiger partial charge in [-0.3, -0.25) is 9.59 Å². The third kappa shape index (κ3) is 7.95. The Bertz CT molecular complexity index is 832. The number of carbonyl (C=O) groups is 2. The fourth-order valence-electron chi connectivity index (χ4n) is 2.70. The van der Waals surface area contributed by atoms with Crippen molar-refractivity contribution in [2.24, 2.45) is 4.99 Å². The molecule has 2 aromatic carbocycles. The summed E-state index contributed by atoms with van der Waals surface area (Å²) in [6.45, 7) is 4.21. The predicted molar refractivity (Wildman–Crippen MR) is 120 cm³/mol. The minimum atomic E-state index is -0.0226. The van der Waals surface area contributed by atoms with E-state index in [0.29, 0.717) is 37.6 Å². The lowest BCUT2D eigenvalue weighted by Crippen LogP contribution is -2.39. The van der Waals surface area contributed by atoms with E-state index >= 15 is 0 Å². The maximum atomic E-state index is 12.0. The van der Waals surface area contributed by atoms with Gasteiger partial charge >= 0.3 is 0 Å². The third-order valence-electron chi connectivity index (χ3n) is 4.35. The predicted octanol–water partition coefficient (Wildman–Crippen LogP) is 2.15. The van der Waals surface area contributed by atoms with Crippen LogP contribution in [0.15, 0.2) is 59.6 Å². The maximum absolute atomic E-state index is 12.0. The highest BCUT2D eigenvalue weighted by molar-refractivity contribution is 5.93. The smallest absolute Gasteiger partial charge is 0.253 e. The molecular weight excluding hydrogens is 378 g/mol. The molecule has 0 aliphatic rings. The van der Waals surface area contributed by atoms with Crippen LogP contribution in [-0.2, 0) is 17.9 Å². The fraction of sp³-hybridized carbons (Fsp3) is 0.348. The molecule has 0 bridgehead atoms. The minimum absolute atomic E-state index is 0.0108. The molecule has 160 valence electrons. The summed E-state index contributed by atoms with van der Waals surface area (Å²) in [7, 11) is 3.47. The summed E-state index contributed by atoms with van der Waals surface area (Å²) >= 11 is 0. The van der Waals surface area contributed by atoms with Gasteiger partial charge in [-0.15, -0.1) is 0 Å². The van der Waals surface area contributed by atoms with E-state index < -0.39 is 0 Å². The van der Waals surface area contributed by atoms with E-state index in [-0.39, 0.29) is 11.8 Å². The molecule has 0 radical (unpaired) electrons. The number of nitrogens with one attached hydrogen (secondary N) is 3. The Morgan fingerprint density at radius 3 is 2.23 bits per heavy atom. The number of carbonyl (C=O) groups excluding carboxylic acids is 2. The number of guanidine groups is 1. The monoisotopic (exact) mass is 409 g/mol. The van der Waals surface area contributed by atoms with E-state index in [4.69, 9.17) is 0 Å². The van der Waals surface area contributed by atoms with Crippen LogP contribution in [0.5, 0.6) is 0 Å². The zero-order valence-electron chi connectivity index (χ0n) is 17.9. The summed E-state index contributed by atoms with van der Waals surface area (Å²) in [5.41, 5.74) is 2.73. The average Bonchev–Trinajstić information content (AvgIpc) is 2.76. The van der Waals surface area contributed by atoms with Crippen molar-refractivity contribution in [3.05, 3.63) is 71.3 Å². The normalized spacial score (nSPS) is 11.0. The van der Waals surface area contributed by atoms with Crippen LogP contribution in [0.25, 0.3) is 0 Å². The van der Waals surface area contributed by atoms with Crippen LogP contribution < -0.4 is 16.0 Å². The van der Waals surface area contributed by atoms with Crippen molar-refractivity contribution in [3.63, 3.8) is 0 Å². The zero-order chi connectivity index (χ0) is 21.8. The van der Waals surface area contributed by atoms with Crippen molar-refractivity contribution in [2.75, 3.05) is 27.2 Å². The van der Waals surface area contributed by atoms with Gasteiger partial charge in [-0.25, -0.2) is 4.99 Å². The van der Waals surface area contributed by atoms with Crippen molar-refractivity contribution in [1.29, 1.82) is 0 Å². The van der Waals surface area contributed by atoms with Gasteiger partial charge in [0.15, 0.2) is 5.96 Å². The van der Waals surface area contributed by atoms with Crippen molar-refractivity contribution in [2.45, 2.75) is 26.4 Å². The first kappa shape index (κ1) is 22.9. The quantitative estimate of drug-likeness (QED) is 0.438. The molecule has 2 amide bonds. The fourth-order valence-corrected chi connectivity index (χ4v) is 2.70. The lowest BCUT2D eigenvalue weighted by molar-refractivity contribution is -0.121. The van der Waals surface area contributed by atoms with Gasteiger partial charge in [-0.05, 0) is 30.2 Å². The first-order valence-electron chi connectivity index (χ1n) is 10.1. The molecular formula is C23H31N5O2. The van der Waals surface area contributed by atoms with Crippen LogP contribution in [0.2, 0.25) is 0 Å². The average molecular weight is 410 g/mol. The number of amides is 2. The van der Waals surface area contributed by atoms with E-state index in [1.165, 1.54) is 0 Å². The largest absolute Gasteiger partial charge is 0.357 e. The van der Waals surface area contributed by atoms with Gasteiger partial charge in [-0.1, -0.05) is 42.5 Å². The van der Waals surface area contributed by atoms with Gasteiger partial charge in [0.2, 0.25) is 5.91 Å². The Balaban J connectivity index is 1.79. The first-order chi connectivity index (χ1) is 14.5. The molecule has 0 saturated heterocycles. The summed E-state index contributed by atoms with van der Waals surface area (Å²) in [4.78, 5) is 30.1. The summed E-state index contributed by atoms with van der Waals surface area (Å²) in [5, 5.41) is 9.27. The van der Waals surface area contributed by atoms with Crippen LogP contribution in [0.3, 0.4) is 0 Å². The molecule has 2 aromatic rings. The number of benzene rings is 2. The molecule has 0 unspecified atom stereocenters. The topological polar surface area (TPSA) is 85.8 Å². The summed E-state index contributed by atoms with van der Waals surface area (Å²) < 4.78 is 0. The highest BCUT2D eigenvalue weighted by atomic mass is 16.2. The highest BCUT2D eigenvalue weighted by Gasteiger charge is 2.07. The molecule has 7 heteroatoms. The molecule has 3 N–H and O–H groups in total. The van der Waals surface area contributed by atoms with Gasteiger partial charge in [-0.2, -0.15) is 0 Å². The zero-order valence-corrected chi connectivity index (χ0v) is 17.9. The van der Waals surface area contributed by atoms with Gasteiger partial charge < -0.3 is 20.9 Å². The second-order valence-electron chi connectivity index (χ2n) is 7.03. The molecule has 0 saturated carbocycles. The van der Waals surface area contributed by atoms with E-state index in [1.54, 1.807) is 19.0 Å². The highest BCUT2D eigenvalue weighted by Crippen LogP contribution is 2.07. The van der Waals surface area contributed by atoms with E-state index in [1.807, 2.05) is 61.5 Å². The summed E-state index contributed by atoms with van der Waals surface area (Å²) in [5.74, 6) is 0.621. The van der Waals surface area contributed by atoms with E-state index in [0.717, 1.165) is 17.7 Å². The molecule has 2 rings (SSSR count). The van der Waals surface area contributed by atoms with Crippen molar-refractivity contribution < 1.29 is 9.59 Å². The second-order valence-corrected chi connectivity index (χ2v) is 7.03.